The topological polar surface area (TPSA) is 55.1 Å². The number of halogens is 3. The second-order valence-electron chi connectivity index (χ2n) is 5.43. The highest BCUT2D eigenvalue weighted by Crippen LogP contribution is 2.32. The lowest BCUT2D eigenvalue weighted by Crippen LogP contribution is -2.30. The van der Waals surface area contributed by atoms with Crippen LogP contribution in [0.4, 0.5) is 13.2 Å². The molecule has 1 atom stereocenters. The summed E-state index contributed by atoms with van der Waals surface area (Å²) in [5.41, 5.74) is -0.0406. The Labute approximate surface area is 131 Å². The Morgan fingerprint density at radius 1 is 1.26 bits per heavy atom. The number of benzene rings is 1. The van der Waals surface area contributed by atoms with Gasteiger partial charge in [0.25, 0.3) is 5.56 Å². The molecule has 0 radical (unpaired) electrons. The number of hydrogen-bond acceptors (Lipinski definition) is 3. The molecule has 0 spiro atoms. The molecular formula is C16H17F3N2O2. The summed E-state index contributed by atoms with van der Waals surface area (Å²) in [6, 6.07) is 5.09. The highest BCUT2D eigenvalue weighted by Gasteiger charge is 2.33. The smallest absolute Gasteiger partial charge is 0.391 e. The number of nitrogens with zero attached hydrogens (tertiary/aromatic N) is 2. The summed E-state index contributed by atoms with van der Waals surface area (Å²) in [5, 5.41) is 10.1. The van der Waals surface area contributed by atoms with Gasteiger partial charge in [0.05, 0.1) is 24.5 Å². The van der Waals surface area contributed by atoms with Crippen molar-refractivity contribution in [3.05, 3.63) is 63.3 Å². The van der Waals surface area contributed by atoms with Crippen molar-refractivity contribution in [3.8, 4) is 0 Å². The first-order chi connectivity index (χ1) is 10.7. The molecule has 1 N–H and O–H groups in total. The molecule has 7 heteroatoms. The Morgan fingerprint density at radius 2 is 1.91 bits per heavy atom. The van der Waals surface area contributed by atoms with Gasteiger partial charge in [0.15, 0.2) is 0 Å². The van der Waals surface area contributed by atoms with E-state index in [1.165, 1.54) is 29.1 Å². The van der Waals surface area contributed by atoms with Crippen molar-refractivity contribution in [2.75, 3.05) is 0 Å². The Bertz CT molecular complexity index is 754. The van der Waals surface area contributed by atoms with Crippen LogP contribution < -0.4 is 5.56 Å². The number of aryl methyl sites for hydroxylation is 1. The van der Waals surface area contributed by atoms with E-state index in [9.17, 15) is 23.1 Å². The van der Waals surface area contributed by atoms with E-state index in [0.29, 0.717) is 11.3 Å². The third-order valence-corrected chi connectivity index (χ3v) is 3.70. The minimum atomic E-state index is -4.48. The Hall–Kier alpha value is -2.15. The molecule has 2 rings (SSSR count). The summed E-state index contributed by atoms with van der Waals surface area (Å²) >= 11 is 0. The number of aliphatic hydroxyl groups is 1. The Balaban J connectivity index is 2.20. The van der Waals surface area contributed by atoms with E-state index in [2.05, 4.69) is 4.98 Å². The van der Waals surface area contributed by atoms with Crippen LogP contribution in [0, 0.1) is 13.8 Å². The zero-order valence-corrected chi connectivity index (χ0v) is 12.8. The van der Waals surface area contributed by atoms with Crippen molar-refractivity contribution in [3.63, 3.8) is 0 Å². The molecule has 1 unspecified atom stereocenters. The first-order valence-electron chi connectivity index (χ1n) is 7.06. The minimum Gasteiger partial charge on any atom is -0.391 e. The SMILES string of the molecule is Cc1ncn(CC(O)Cc2ccccc2C(F)(F)F)c(=O)c1C. The number of aliphatic hydroxyl groups excluding tert-OH is 1. The van der Waals surface area contributed by atoms with Crippen molar-refractivity contribution in [2.24, 2.45) is 0 Å². The van der Waals surface area contributed by atoms with Crippen LogP contribution in [0.1, 0.15) is 22.4 Å². The fraction of sp³-hybridized carbons (Fsp3) is 0.375. The first-order valence-corrected chi connectivity index (χ1v) is 7.06. The molecule has 124 valence electrons. The van der Waals surface area contributed by atoms with Gasteiger partial charge in [0, 0.05) is 17.7 Å². The lowest BCUT2D eigenvalue weighted by Gasteiger charge is -2.17. The molecule has 1 aromatic carbocycles. The molecule has 0 aliphatic heterocycles. The number of alkyl halides is 3. The maximum Gasteiger partial charge on any atom is 0.416 e. The van der Waals surface area contributed by atoms with Gasteiger partial charge in [-0.25, -0.2) is 4.98 Å². The van der Waals surface area contributed by atoms with Crippen molar-refractivity contribution in [2.45, 2.75) is 39.1 Å². The van der Waals surface area contributed by atoms with Crippen LogP contribution in [0.25, 0.3) is 0 Å². The molecule has 0 aliphatic rings. The van der Waals surface area contributed by atoms with Gasteiger partial charge in [-0.2, -0.15) is 13.2 Å². The fourth-order valence-electron chi connectivity index (χ4n) is 2.33. The monoisotopic (exact) mass is 326 g/mol. The standard InChI is InChI=1S/C16H17F3N2O2/c1-10-11(2)20-9-21(15(10)23)8-13(22)7-12-5-3-4-6-14(12)16(17,18)19/h3-6,9,13,22H,7-8H2,1-2H3. The van der Waals surface area contributed by atoms with Crippen LogP contribution in [0.2, 0.25) is 0 Å². The maximum atomic E-state index is 12.9. The molecule has 2 aromatic rings. The lowest BCUT2D eigenvalue weighted by molar-refractivity contribution is -0.138. The molecular weight excluding hydrogens is 309 g/mol. The average molecular weight is 326 g/mol. The zero-order valence-electron chi connectivity index (χ0n) is 12.8. The van der Waals surface area contributed by atoms with Crippen LogP contribution in [-0.4, -0.2) is 20.8 Å². The van der Waals surface area contributed by atoms with E-state index in [4.69, 9.17) is 0 Å². The van der Waals surface area contributed by atoms with Crippen LogP contribution in [0.15, 0.2) is 35.4 Å². The number of hydrogen-bond donors (Lipinski definition) is 1. The molecule has 0 saturated heterocycles. The van der Waals surface area contributed by atoms with Crippen molar-refractivity contribution in [1.29, 1.82) is 0 Å². The molecule has 0 fully saturated rings. The molecule has 0 bridgehead atoms. The number of rotatable bonds is 4. The first kappa shape index (κ1) is 17.2. The second-order valence-corrected chi connectivity index (χ2v) is 5.43. The second kappa shape index (κ2) is 6.54. The summed E-state index contributed by atoms with van der Waals surface area (Å²) in [4.78, 5) is 16.1. The quantitative estimate of drug-likeness (QED) is 0.939. The normalized spacial score (nSPS) is 13.1. The van der Waals surface area contributed by atoms with E-state index < -0.39 is 17.8 Å². The molecule has 23 heavy (non-hydrogen) atoms. The van der Waals surface area contributed by atoms with Gasteiger partial charge in [0.1, 0.15) is 0 Å². The van der Waals surface area contributed by atoms with E-state index >= 15 is 0 Å². The minimum absolute atomic E-state index is 0.00246. The van der Waals surface area contributed by atoms with Gasteiger partial charge in [-0.1, -0.05) is 18.2 Å². The van der Waals surface area contributed by atoms with Crippen LogP contribution in [0.3, 0.4) is 0 Å². The third-order valence-electron chi connectivity index (χ3n) is 3.70. The average Bonchev–Trinajstić information content (AvgIpc) is 2.47. The number of aromatic nitrogens is 2. The summed E-state index contributed by atoms with van der Waals surface area (Å²) in [6.45, 7) is 3.20. The Morgan fingerprint density at radius 3 is 2.57 bits per heavy atom. The van der Waals surface area contributed by atoms with Crippen LogP contribution >= 0.6 is 0 Å². The molecule has 1 heterocycles. The van der Waals surface area contributed by atoms with Gasteiger partial charge in [-0.3, -0.25) is 9.36 Å². The highest BCUT2D eigenvalue weighted by atomic mass is 19.4. The van der Waals surface area contributed by atoms with E-state index in [0.717, 1.165) is 6.07 Å². The predicted molar refractivity (Wildman–Crippen MR) is 79.1 cm³/mol. The lowest BCUT2D eigenvalue weighted by atomic mass is 10.0. The van der Waals surface area contributed by atoms with Gasteiger partial charge in [-0.15, -0.1) is 0 Å². The molecule has 4 nitrogen and oxygen atoms in total. The van der Waals surface area contributed by atoms with Gasteiger partial charge < -0.3 is 5.11 Å². The van der Waals surface area contributed by atoms with E-state index in [1.54, 1.807) is 13.8 Å². The summed E-state index contributed by atoms with van der Waals surface area (Å²) in [5.74, 6) is 0. The van der Waals surface area contributed by atoms with E-state index in [1.807, 2.05) is 0 Å². The van der Waals surface area contributed by atoms with Crippen LogP contribution in [0.5, 0.6) is 0 Å². The maximum absolute atomic E-state index is 12.9. The van der Waals surface area contributed by atoms with Gasteiger partial charge >= 0.3 is 6.18 Å². The van der Waals surface area contributed by atoms with Crippen molar-refractivity contribution >= 4 is 0 Å². The highest BCUT2D eigenvalue weighted by molar-refractivity contribution is 5.30. The summed E-state index contributed by atoms with van der Waals surface area (Å²) < 4.78 is 40.0. The van der Waals surface area contributed by atoms with Gasteiger partial charge in [-0.05, 0) is 25.5 Å². The Kier molecular flexibility index (Phi) is 4.89. The molecule has 0 saturated carbocycles. The van der Waals surface area contributed by atoms with Gasteiger partial charge in [0.2, 0.25) is 0 Å². The molecule has 1 aromatic heterocycles. The summed E-state index contributed by atoms with van der Waals surface area (Å²) in [6.07, 6.45) is -4.51. The molecule has 0 aliphatic carbocycles. The summed E-state index contributed by atoms with van der Waals surface area (Å²) in [7, 11) is 0. The fourth-order valence-corrected chi connectivity index (χ4v) is 2.33. The zero-order chi connectivity index (χ0) is 17.2. The molecule has 0 amide bonds. The third kappa shape index (κ3) is 3.98. The largest absolute Gasteiger partial charge is 0.416 e. The predicted octanol–water partition coefficient (Wildman–Crippen LogP) is 2.48. The van der Waals surface area contributed by atoms with Crippen molar-refractivity contribution in [1.82, 2.24) is 9.55 Å². The van der Waals surface area contributed by atoms with Crippen molar-refractivity contribution < 1.29 is 18.3 Å². The van der Waals surface area contributed by atoms with E-state index in [-0.39, 0.29) is 24.1 Å². The van der Waals surface area contributed by atoms with Crippen LogP contribution in [-0.2, 0) is 19.1 Å².